The highest BCUT2D eigenvalue weighted by Gasteiger charge is 2.38. The number of allylic oxidation sites excluding steroid dienone is 2. The van der Waals surface area contributed by atoms with E-state index in [0.29, 0.717) is 11.8 Å². The van der Waals surface area contributed by atoms with Gasteiger partial charge in [0, 0.05) is 18.0 Å². The number of benzene rings is 1. The summed E-state index contributed by atoms with van der Waals surface area (Å²) in [4.78, 5) is 6.73. The molecule has 0 spiro atoms. The van der Waals surface area contributed by atoms with Gasteiger partial charge in [-0.1, -0.05) is 29.8 Å². The zero-order valence-electron chi connectivity index (χ0n) is 18.1. The molecule has 2 aliphatic heterocycles. The first-order chi connectivity index (χ1) is 15.0. The fourth-order valence-electron chi connectivity index (χ4n) is 5.47. The van der Waals surface area contributed by atoms with Gasteiger partial charge in [0.15, 0.2) is 0 Å². The van der Waals surface area contributed by atoms with Crippen molar-refractivity contribution in [3.8, 4) is 0 Å². The minimum Gasteiger partial charge on any atom is -0.383 e. The Morgan fingerprint density at radius 2 is 2.03 bits per heavy atom. The zero-order chi connectivity index (χ0) is 21.5. The van der Waals surface area contributed by atoms with Crippen LogP contribution in [0, 0.1) is 5.92 Å². The summed E-state index contributed by atoms with van der Waals surface area (Å²) >= 11 is 6.53. The van der Waals surface area contributed by atoms with Crippen molar-refractivity contribution in [1.29, 1.82) is 0 Å². The van der Waals surface area contributed by atoms with Crippen molar-refractivity contribution in [2.75, 3.05) is 20.1 Å². The number of rotatable bonds is 3. The van der Waals surface area contributed by atoms with Gasteiger partial charge in [0.1, 0.15) is 0 Å². The molecule has 1 fully saturated rings. The lowest BCUT2D eigenvalue weighted by Crippen LogP contribution is -2.41. The molecular weight excluding hydrogens is 406 g/mol. The number of imidazole rings is 1. The van der Waals surface area contributed by atoms with Gasteiger partial charge in [0.05, 0.1) is 30.3 Å². The predicted octanol–water partition coefficient (Wildman–Crippen LogP) is 4.01. The molecule has 2 unspecified atom stereocenters. The van der Waals surface area contributed by atoms with E-state index in [9.17, 15) is 0 Å². The van der Waals surface area contributed by atoms with Gasteiger partial charge >= 0.3 is 0 Å². The number of hydrogen-bond donors (Lipinski definition) is 2. The van der Waals surface area contributed by atoms with Crippen molar-refractivity contribution >= 4 is 17.2 Å². The van der Waals surface area contributed by atoms with E-state index in [0.717, 1.165) is 29.4 Å². The second-order valence-corrected chi connectivity index (χ2v) is 9.51. The summed E-state index contributed by atoms with van der Waals surface area (Å²) in [6, 6.07) is 6.31. The Kier molecular flexibility index (Phi) is 5.51. The number of nitrogens with one attached hydrogen (secondary N) is 1. The van der Waals surface area contributed by atoms with Gasteiger partial charge in [0.2, 0.25) is 0 Å². The van der Waals surface area contributed by atoms with Gasteiger partial charge in [-0.2, -0.15) is 0 Å². The highest BCUT2D eigenvalue weighted by Crippen LogP contribution is 2.46. The Hall–Kier alpha value is -2.34. The van der Waals surface area contributed by atoms with Gasteiger partial charge in [-0.25, -0.2) is 4.98 Å². The van der Waals surface area contributed by atoms with Crippen molar-refractivity contribution in [3.05, 3.63) is 82.6 Å². The fraction of sp³-hybridized carbons (Fsp3) is 0.400. The number of likely N-dealkylation sites (tertiary alicyclic amines) is 1. The third-order valence-electron chi connectivity index (χ3n) is 7.17. The summed E-state index contributed by atoms with van der Waals surface area (Å²) in [5, 5.41) is 4.43. The lowest BCUT2D eigenvalue weighted by molar-refractivity contribution is 0.188. The number of halogens is 1. The maximum absolute atomic E-state index is 6.87. The Balaban J connectivity index is 1.67. The number of nitrogens with zero attached hydrogens (tertiary/aromatic N) is 3. The van der Waals surface area contributed by atoms with E-state index in [1.54, 1.807) is 6.33 Å². The van der Waals surface area contributed by atoms with E-state index in [1.807, 2.05) is 23.9 Å². The van der Waals surface area contributed by atoms with E-state index >= 15 is 0 Å². The summed E-state index contributed by atoms with van der Waals surface area (Å²) in [7, 11) is 4.21. The number of aromatic nitrogens is 2. The Bertz CT molecular complexity index is 1060. The van der Waals surface area contributed by atoms with Gasteiger partial charge in [-0.3, -0.25) is 0 Å². The van der Waals surface area contributed by atoms with E-state index in [1.165, 1.54) is 29.5 Å². The molecule has 6 heteroatoms. The standard InChI is InChI=1S/C25H30ClN5/c1-30-10-7-16(8-11-30)23-19-6-5-18(26)13-20(19)21(12-17-4-3-9-29-25(17)23)24(27)22-14-28-15-31(22)2/h3-6,9,12-16,23-25,29H,7-8,10-11,27H2,1-2H3/t23-,24?,25?/m0/s1. The molecule has 5 nitrogen and oxygen atoms in total. The van der Waals surface area contributed by atoms with Gasteiger partial charge < -0.3 is 20.5 Å². The number of piperidine rings is 1. The van der Waals surface area contributed by atoms with E-state index in [-0.39, 0.29) is 12.1 Å². The summed E-state index contributed by atoms with van der Waals surface area (Å²) in [5.74, 6) is 0.967. The SMILES string of the molecule is CN1CCC([C@H]2c3ccc(Cl)cc3C(C(N)c3cncn3C)=CC3=CC=CNC32)CC1. The first-order valence-electron chi connectivity index (χ1n) is 11.1. The highest BCUT2D eigenvalue weighted by molar-refractivity contribution is 6.30. The van der Waals surface area contributed by atoms with Gasteiger partial charge in [-0.05, 0) is 85.6 Å². The molecule has 1 aliphatic carbocycles. The Morgan fingerprint density at radius 1 is 1.23 bits per heavy atom. The van der Waals surface area contributed by atoms with Crippen LogP contribution in [0.3, 0.4) is 0 Å². The largest absolute Gasteiger partial charge is 0.383 e. The summed E-state index contributed by atoms with van der Waals surface area (Å²) in [6.45, 7) is 2.28. The van der Waals surface area contributed by atoms with Crippen LogP contribution in [0.15, 0.2) is 60.7 Å². The number of dihydropyridines is 1. The van der Waals surface area contributed by atoms with Crippen molar-refractivity contribution in [2.45, 2.75) is 30.8 Å². The molecule has 0 bridgehead atoms. The third-order valence-corrected chi connectivity index (χ3v) is 7.40. The topological polar surface area (TPSA) is 59.1 Å². The monoisotopic (exact) mass is 435 g/mol. The maximum atomic E-state index is 6.87. The number of nitrogens with two attached hydrogens (primary N) is 1. The fourth-order valence-corrected chi connectivity index (χ4v) is 5.64. The summed E-state index contributed by atoms with van der Waals surface area (Å²) in [5.41, 5.74) is 12.8. The molecule has 0 radical (unpaired) electrons. The van der Waals surface area contributed by atoms with Crippen LogP contribution in [-0.2, 0) is 7.05 Å². The quantitative estimate of drug-likeness (QED) is 0.764. The van der Waals surface area contributed by atoms with Crippen LogP contribution in [0.25, 0.3) is 5.57 Å². The minimum atomic E-state index is -0.284. The molecule has 3 atom stereocenters. The molecule has 162 valence electrons. The van der Waals surface area contributed by atoms with Crippen LogP contribution < -0.4 is 11.1 Å². The van der Waals surface area contributed by atoms with Crippen molar-refractivity contribution < 1.29 is 0 Å². The zero-order valence-corrected chi connectivity index (χ0v) is 18.9. The predicted molar refractivity (Wildman–Crippen MR) is 127 cm³/mol. The van der Waals surface area contributed by atoms with Crippen LogP contribution in [0.1, 0.15) is 41.6 Å². The van der Waals surface area contributed by atoms with E-state index < -0.39 is 0 Å². The number of hydrogen-bond acceptors (Lipinski definition) is 4. The minimum absolute atomic E-state index is 0.231. The third kappa shape index (κ3) is 3.75. The Labute approximate surface area is 189 Å². The van der Waals surface area contributed by atoms with Crippen molar-refractivity contribution in [1.82, 2.24) is 19.8 Å². The second-order valence-electron chi connectivity index (χ2n) is 9.07. The Morgan fingerprint density at radius 3 is 2.77 bits per heavy atom. The molecule has 1 aromatic carbocycles. The molecule has 0 saturated carbocycles. The first kappa shape index (κ1) is 20.6. The smallest absolute Gasteiger partial charge is 0.0946 e. The summed E-state index contributed by atoms with van der Waals surface area (Å²) in [6.07, 6.45) is 14.7. The van der Waals surface area contributed by atoms with E-state index in [4.69, 9.17) is 17.3 Å². The normalized spacial score (nSPS) is 25.0. The average molecular weight is 436 g/mol. The van der Waals surface area contributed by atoms with Gasteiger partial charge in [0.25, 0.3) is 0 Å². The highest BCUT2D eigenvalue weighted by atomic mass is 35.5. The molecule has 5 rings (SSSR count). The molecule has 1 aromatic heterocycles. The molecule has 0 amide bonds. The molecule has 3 N–H and O–H groups in total. The molecule has 3 heterocycles. The van der Waals surface area contributed by atoms with Crippen molar-refractivity contribution in [3.63, 3.8) is 0 Å². The lowest BCUT2D eigenvalue weighted by Gasteiger charge is -2.39. The van der Waals surface area contributed by atoms with Crippen LogP contribution in [0.2, 0.25) is 5.02 Å². The van der Waals surface area contributed by atoms with Crippen LogP contribution in [-0.4, -0.2) is 40.6 Å². The molecule has 2 aromatic rings. The molecule has 3 aliphatic rings. The lowest BCUT2D eigenvalue weighted by atomic mass is 9.73. The number of aryl methyl sites for hydroxylation is 1. The number of fused-ring (bicyclic) bond motifs is 2. The molecular formula is C25H30ClN5. The average Bonchev–Trinajstić information content (AvgIpc) is 3.14. The van der Waals surface area contributed by atoms with Crippen LogP contribution in [0.4, 0.5) is 0 Å². The first-order valence-corrected chi connectivity index (χ1v) is 11.4. The van der Waals surface area contributed by atoms with Crippen LogP contribution in [0.5, 0.6) is 0 Å². The maximum Gasteiger partial charge on any atom is 0.0946 e. The van der Waals surface area contributed by atoms with Crippen molar-refractivity contribution in [2.24, 2.45) is 18.7 Å². The van der Waals surface area contributed by atoms with Crippen LogP contribution >= 0.6 is 11.6 Å². The molecule has 1 saturated heterocycles. The molecule has 31 heavy (non-hydrogen) atoms. The van der Waals surface area contributed by atoms with E-state index in [2.05, 4.69) is 58.8 Å². The van der Waals surface area contributed by atoms with Gasteiger partial charge in [-0.15, -0.1) is 0 Å². The second kappa shape index (κ2) is 8.30. The summed E-state index contributed by atoms with van der Waals surface area (Å²) < 4.78 is 2.00.